The lowest BCUT2D eigenvalue weighted by atomic mass is 10.2. The summed E-state index contributed by atoms with van der Waals surface area (Å²) in [6, 6.07) is 3.72. The number of nitro groups is 1. The number of hydrogen-bond donors (Lipinski definition) is 2. The Balaban J connectivity index is 2.98. The summed E-state index contributed by atoms with van der Waals surface area (Å²) in [5.74, 6) is -0.00339. The van der Waals surface area contributed by atoms with Gasteiger partial charge in [0.1, 0.15) is 5.69 Å². The molecule has 0 aliphatic heterocycles. The van der Waals surface area contributed by atoms with Crippen LogP contribution in [0.15, 0.2) is 23.1 Å². The number of methoxy groups -OCH3 is 1. The molecule has 1 rings (SSSR count). The summed E-state index contributed by atoms with van der Waals surface area (Å²) < 4.78 is 31.6. The summed E-state index contributed by atoms with van der Waals surface area (Å²) in [4.78, 5) is 10.2. The molecule has 0 radical (unpaired) electrons. The SMILES string of the molecule is CNc1ccc(S(=O)(=O)NCC(C)COC)cc1[N+](=O)[O-]. The molecule has 0 spiro atoms. The van der Waals surface area contributed by atoms with Crippen LogP contribution in [0.3, 0.4) is 0 Å². The summed E-state index contributed by atoms with van der Waals surface area (Å²) in [5, 5.41) is 13.6. The van der Waals surface area contributed by atoms with Crippen molar-refractivity contribution in [3.05, 3.63) is 28.3 Å². The van der Waals surface area contributed by atoms with Crippen molar-refractivity contribution in [2.24, 2.45) is 5.92 Å². The molecule has 0 saturated heterocycles. The fourth-order valence-corrected chi connectivity index (χ4v) is 2.90. The van der Waals surface area contributed by atoms with Crippen LogP contribution in [0.5, 0.6) is 0 Å². The molecule has 2 N–H and O–H groups in total. The van der Waals surface area contributed by atoms with Crippen LogP contribution in [0.2, 0.25) is 0 Å². The maximum Gasteiger partial charge on any atom is 0.293 e. The first-order valence-corrected chi connectivity index (χ1v) is 7.75. The number of ether oxygens (including phenoxy) is 1. The predicted molar refractivity (Wildman–Crippen MR) is 78.9 cm³/mol. The van der Waals surface area contributed by atoms with Gasteiger partial charge in [0.25, 0.3) is 5.69 Å². The Labute approximate surface area is 123 Å². The monoisotopic (exact) mass is 317 g/mol. The zero-order chi connectivity index (χ0) is 16.0. The number of nitrogens with one attached hydrogen (secondary N) is 2. The van der Waals surface area contributed by atoms with E-state index in [2.05, 4.69) is 10.0 Å². The highest BCUT2D eigenvalue weighted by Crippen LogP contribution is 2.26. The summed E-state index contributed by atoms with van der Waals surface area (Å²) in [6.45, 7) is 2.44. The lowest BCUT2D eigenvalue weighted by Crippen LogP contribution is -2.30. The molecule has 0 amide bonds. The van der Waals surface area contributed by atoms with Gasteiger partial charge in [-0.2, -0.15) is 0 Å². The van der Waals surface area contributed by atoms with Gasteiger partial charge in [-0.1, -0.05) is 6.92 Å². The molecule has 0 aromatic heterocycles. The van der Waals surface area contributed by atoms with Gasteiger partial charge in [-0.25, -0.2) is 13.1 Å². The number of nitrogens with zero attached hydrogens (tertiary/aromatic N) is 1. The number of sulfonamides is 1. The Kier molecular flexibility index (Phi) is 6.06. The summed E-state index contributed by atoms with van der Waals surface area (Å²) in [7, 11) is -0.731. The third-order valence-corrected chi connectivity index (χ3v) is 4.24. The molecule has 0 saturated carbocycles. The first kappa shape index (κ1) is 17.3. The summed E-state index contributed by atoms with van der Waals surface area (Å²) in [6.07, 6.45) is 0. The van der Waals surface area contributed by atoms with Crippen LogP contribution in [0.1, 0.15) is 6.92 Å². The normalized spacial score (nSPS) is 12.9. The number of rotatable bonds is 8. The third-order valence-electron chi connectivity index (χ3n) is 2.82. The molecule has 0 bridgehead atoms. The van der Waals surface area contributed by atoms with Crippen molar-refractivity contribution in [2.75, 3.05) is 32.6 Å². The minimum absolute atomic E-state index is 0.00339. The van der Waals surface area contributed by atoms with E-state index in [1.807, 2.05) is 6.92 Å². The molecule has 0 aliphatic carbocycles. The Hall–Kier alpha value is -1.71. The fraction of sp³-hybridized carbons (Fsp3) is 0.500. The lowest BCUT2D eigenvalue weighted by Gasteiger charge is -2.12. The van der Waals surface area contributed by atoms with Crippen LogP contribution < -0.4 is 10.0 Å². The van der Waals surface area contributed by atoms with Crippen molar-refractivity contribution < 1.29 is 18.1 Å². The average Bonchev–Trinajstić information content (AvgIpc) is 2.44. The number of hydrogen-bond acceptors (Lipinski definition) is 6. The second-order valence-corrected chi connectivity index (χ2v) is 6.37. The first-order chi connectivity index (χ1) is 9.81. The van der Waals surface area contributed by atoms with Crippen LogP contribution in [0.4, 0.5) is 11.4 Å². The largest absolute Gasteiger partial charge is 0.384 e. The van der Waals surface area contributed by atoms with Gasteiger partial charge in [-0.05, 0) is 18.1 Å². The van der Waals surface area contributed by atoms with Crippen LogP contribution in [0.25, 0.3) is 0 Å². The van der Waals surface area contributed by atoms with Crippen molar-refractivity contribution in [1.29, 1.82) is 0 Å². The predicted octanol–water partition coefficient (Wildman–Crippen LogP) is 1.20. The van der Waals surface area contributed by atoms with E-state index >= 15 is 0 Å². The number of nitro benzene ring substituents is 1. The first-order valence-electron chi connectivity index (χ1n) is 6.26. The van der Waals surface area contributed by atoms with E-state index in [-0.39, 0.29) is 28.7 Å². The average molecular weight is 317 g/mol. The minimum atomic E-state index is -3.79. The molecule has 1 unspecified atom stereocenters. The zero-order valence-corrected chi connectivity index (χ0v) is 12.9. The Morgan fingerprint density at radius 1 is 1.43 bits per heavy atom. The molecule has 9 heteroatoms. The molecule has 0 heterocycles. The van der Waals surface area contributed by atoms with Crippen LogP contribution >= 0.6 is 0 Å². The van der Waals surface area contributed by atoms with Crippen LogP contribution in [-0.2, 0) is 14.8 Å². The molecule has 21 heavy (non-hydrogen) atoms. The van der Waals surface area contributed by atoms with Crippen molar-refractivity contribution in [3.63, 3.8) is 0 Å². The van der Waals surface area contributed by atoms with E-state index in [0.717, 1.165) is 6.07 Å². The molecule has 118 valence electrons. The van der Waals surface area contributed by atoms with Gasteiger partial charge in [0.15, 0.2) is 0 Å². The maximum atomic E-state index is 12.1. The van der Waals surface area contributed by atoms with Crippen molar-refractivity contribution in [3.8, 4) is 0 Å². The number of anilines is 1. The van der Waals surface area contributed by atoms with Gasteiger partial charge in [-0.3, -0.25) is 10.1 Å². The van der Waals surface area contributed by atoms with Gasteiger partial charge >= 0.3 is 0 Å². The van der Waals surface area contributed by atoms with E-state index in [4.69, 9.17) is 4.74 Å². The van der Waals surface area contributed by atoms with Gasteiger partial charge in [0.05, 0.1) is 9.82 Å². The van der Waals surface area contributed by atoms with Crippen LogP contribution in [-0.4, -0.2) is 40.7 Å². The molecule has 0 aliphatic rings. The highest BCUT2D eigenvalue weighted by Gasteiger charge is 2.21. The van der Waals surface area contributed by atoms with E-state index in [0.29, 0.717) is 6.61 Å². The second-order valence-electron chi connectivity index (χ2n) is 4.60. The molecular weight excluding hydrogens is 298 g/mol. The van der Waals surface area contributed by atoms with E-state index in [1.54, 1.807) is 0 Å². The van der Waals surface area contributed by atoms with Crippen LogP contribution in [0, 0.1) is 16.0 Å². The highest BCUT2D eigenvalue weighted by atomic mass is 32.2. The Bertz CT molecular complexity index is 603. The summed E-state index contributed by atoms with van der Waals surface area (Å²) >= 11 is 0. The van der Waals surface area contributed by atoms with Gasteiger partial charge in [-0.15, -0.1) is 0 Å². The third kappa shape index (κ3) is 4.66. The van der Waals surface area contributed by atoms with Crippen molar-refractivity contribution >= 4 is 21.4 Å². The number of benzene rings is 1. The highest BCUT2D eigenvalue weighted by molar-refractivity contribution is 7.89. The quantitative estimate of drug-likeness (QED) is 0.550. The zero-order valence-electron chi connectivity index (χ0n) is 12.1. The Morgan fingerprint density at radius 3 is 2.62 bits per heavy atom. The van der Waals surface area contributed by atoms with E-state index < -0.39 is 14.9 Å². The van der Waals surface area contributed by atoms with Gasteiger partial charge in [0.2, 0.25) is 10.0 Å². The molecule has 0 fully saturated rings. The van der Waals surface area contributed by atoms with E-state index in [9.17, 15) is 18.5 Å². The fourth-order valence-electron chi connectivity index (χ4n) is 1.72. The molecule has 8 nitrogen and oxygen atoms in total. The second kappa shape index (κ2) is 7.34. The smallest absolute Gasteiger partial charge is 0.293 e. The molecule has 1 atom stereocenters. The molecular formula is C12H19N3O5S. The van der Waals surface area contributed by atoms with Gasteiger partial charge < -0.3 is 10.1 Å². The van der Waals surface area contributed by atoms with Crippen molar-refractivity contribution in [2.45, 2.75) is 11.8 Å². The van der Waals surface area contributed by atoms with E-state index in [1.165, 1.54) is 26.3 Å². The maximum absolute atomic E-state index is 12.1. The molecule has 1 aromatic carbocycles. The topological polar surface area (TPSA) is 111 Å². The standard InChI is InChI=1S/C12H19N3O5S/c1-9(8-20-3)7-14-21(18,19)10-4-5-11(13-2)12(6-10)15(16)17/h4-6,9,13-14H,7-8H2,1-3H3. The summed E-state index contributed by atoms with van der Waals surface area (Å²) in [5.41, 5.74) is -0.0305. The van der Waals surface area contributed by atoms with Crippen molar-refractivity contribution in [1.82, 2.24) is 4.72 Å². The van der Waals surface area contributed by atoms with Gasteiger partial charge in [0, 0.05) is 33.4 Å². The Morgan fingerprint density at radius 2 is 2.10 bits per heavy atom. The molecule has 1 aromatic rings. The minimum Gasteiger partial charge on any atom is -0.384 e. The lowest BCUT2D eigenvalue weighted by molar-refractivity contribution is -0.384.